The monoisotopic (exact) mass is 290 g/mol. The molecule has 0 radical (unpaired) electrons. The topological polar surface area (TPSA) is 52.0 Å². The maximum Gasteiger partial charge on any atom is 0.0152 e. The fourth-order valence-corrected chi connectivity index (χ4v) is 2.16. The van der Waals surface area contributed by atoms with Gasteiger partial charge in [-0.05, 0) is 48.6 Å². The molecular formula is C19H34N2. The Labute approximate surface area is 131 Å². The maximum atomic E-state index is 6.32. The SMILES string of the molecule is CC(C)(C)C(N)Cc1cccc(CC(C)(C)C(C)(C)N)c1. The Morgan fingerprint density at radius 2 is 1.48 bits per heavy atom. The Morgan fingerprint density at radius 1 is 0.952 bits per heavy atom. The number of hydrogen-bond acceptors (Lipinski definition) is 2. The first-order chi connectivity index (χ1) is 9.33. The van der Waals surface area contributed by atoms with Gasteiger partial charge in [-0.3, -0.25) is 0 Å². The van der Waals surface area contributed by atoms with Crippen LogP contribution in [0.3, 0.4) is 0 Å². The molecule has 21 heavy (non-hydrogen) atoms. The largest absolute Gasteiger partial charge is 0.327 e. The second-order valence-electron chi connectivity index (χ2n) is 8.78. The van der Waals surface area contributed by atoms with Crippen molar-refractivity contribution in [2.24, 2.45) is 22.3 Å². The minimum Gasteiger partial charge on any atom is -0.327 e. The molecule has 0 saturated heterocycles. The maximum absolute atomic E-state index is 6.32. The van der Waals surface area contributed by atoms with Gasteiger partial charge in [0.15, 0.2) is 0 Å². The minimum atomic E-state index is -0.204. The molecule has 2 heteroatoms. The Balaban J connectivity index is 2.87. The lowest BCUT2D eigenvalue weighted by Crippen LogP contribution is -2.48. The van der Waals surface area contributed by atoms with E-state index in [0.29, 0.717) is 0 Å². The Kier molecular flexibility index (Phi) is 5.28. The van der Waals surface area contributed by atoms with Gasteiger partial charge in [-0.15, -0.1) is 0 Å². The van der Waals surface area contributed by atoms with Crippen molar-refractivity contribution in [3.8, 4) is 0 Å². The van der Waals surface area contributed by atoms with E-state index in [-0.39, 0.29) is 22.4 Å². The smallest absolute Gasteiger partial charge is 0.0152 e. The summed E-state index contributed by atoms with van der Waals surface area (Å²) in [5.74, 6) is 0. The molecule has 0 spiro atoms. The highest BCUT2D eigenvalue weighted by Gasteiger charge is 2.33. The van der Waals surface area contributed by atoms with Gasteiger partial charge in [0.05, 0.1) is 0 Å². The molecular weight excluding hydrogens is 256 g/mol. The van der Waals surface area contributed by atoms with E-state index in [2.05, 4.69) is 72.7 Å². The molecule has 1 unspecified atom stereocenters. The van der Waals surface area contributed by atoms with E-state index < -0.39 is 0 Å². The molecule has 1 rings (SSSR count). The van der Waals surface area contributed by atoms with Crippen molar-refractivity contribution < 1.29 is 0 Å². The summed E-state index contributed by atoms with van der Waals surface area (Å²) in [6.07, 6.45) is 1.90. The predicted octanol–water partition coefficient (Wildman–Crippen LogP) is 3.91. The van der Waals surface area contributed by atoms with Gasteiger partial charge in [-0.2, -0.15) is 0 Å². The Hall–Kier alpha value is -0.860. The van der Waals surface area contributed by atoms with Crippen LogP contribution >= 0.6 is 0 Å². The van der Waals surface area contributed by atoms with E-state index in [1.54, 1.807) is 0 Å². The molecule has 2 nitrogen and oxygen atoms in total. The van der Waals surface area contributed by atoms with Crippen molar-refractivity contribution in [3.63, 3.8) is 0 Å². The molecule has 0 aliphatic carbocycles. The molecule has 0 aromatic heterocycles. The van der Waals surface area contributed by atoms with Crippen LogP contribution < -0.4 is 11.5 Å². The highest BCUT2D eigenvalue weighted by molar-refractivity contribution is 5.26. The van der Waals surface area contributed by atoms with E-state index in [9.17, 15) is 0 Å². The van der Waals surface area contributed by atoms with Crippen LogP contribution in [0.4, 0.5) is 0 Å². The lowest BCUT2D eigenvalue weighted by atomic mass is 9.71. The van der Waals surface area contributed by atoms with Crippen molar-refractivity contribution >= 4 is 0 Å². The standard InChI is InChI=1S/C19H34N2/c1-17(2,3)16(20)12-14-9-8-10-15(11-14)13-18(4,5)19(6,7)21/h8-11,16H,12-13,20-21H2,1-7H3. The van der Waals surface area contributed by atoms with Crippen LogP contribution in [0.15, 0.2) is 24.3 Å². The van der Waals surface area contributed by atoms with Crippen LogP contribution in [0.25, 0.3) is 0 Å². The summed E-state index contributed by atoms with van der Waals surface area (Å²) in [5, 5.41) is 0. The van der Waals surface area contributed by atoms with Gasteiger partial charge in [-0.1, -0.05) is 58.9 Å². The zero-order valence-electron chi connectivity index (χ0n) is 15.0. The lowest BCUT2D eigenvalue weighted by molar-refractivity contribution is 0.201. The molecule has 1 aromatic rings. The van der Waals surface area contributed by atoms with Crippen molar-refractivity contribution in [2.75, 3.05) is 0 Å². The van der Waals surface area contributed by atoms with Crippen LogP contribution in [0.1, 0.15) is 59.6 Å². The molecule has 1 aromatic carbocycles. The third kappa shape index (κ3) is 5.12. The van der Waals surface area contributed by atoms with Crippen molar-refractivity contribution in [2.45, 2.75) is 72.9 Å². The summed E-state index contributed by atoms with van der Waals surface area (Å²) in [6.45, 7) is 15.3. The van der Waals surface area contributed by atoms with Gasteiger partial charge >= 0.3 is 0 Å². The molecule has 0 aliphatic rings. The summed E-state index contributed by atoms with van der Waals surface area (Å²) in [7, 11) is 0. The molecule has 0 aliphatic heterocycles. The van der Waals surface area contributed by atoms with Gasteiger partial charge in [0.1, 0.15) is 0 Å². The van der Waals surface area contributed by atoms with Crippen molar-refractivity contribution in [1.29, 1.82) is 0 Å². The Morgan fingerprint density at radius 3 is 1.95 bits per heavy atom. The first-order valence-corrected chi connectivity index (χ1v) is 7.95. The van der Waals surface area contributed by atoms with Gasteiger partial charge in [0.2, 0.25) is 0 Å². The molecule has 120 valence electrons. The van der Waals surface area contributed by atoms with E-state index >= 15 is 0 Å². The minimum absolute atomic E-state index is 0.0533. The number of rotatable bonds is 5. The first-order valence-electron chi connectivity index (χ1n) is 7.95. The van der Waals surface area contributed by atoms with E-state index in [0.717, 1.165) is 12.8 Å². The van der Waals surface area contributed by atoms with E-state index in [1.165, 1.54) is 11.1 Å². The van der Waals surface area contributed by atoms with Gasteiger partial charge in [0.25, 0.3) is 0 Å². The van der Waals surface area contributed by atoms with Gasteiger partial charge in [-0.25, -0.2) is 0 Å². The highest BCUT2D eigenvalue weighted by Crippen LogP contribution is 2.32. The zero-order valence-corrected chi connectivity index (χ0v) is 15.0. The number of hydrogen-bond donors (Lipinski definition) is 2. The fraction of sp³-hybridized carbons (Fsp3) is 0.684. The molecule has 4 N–H and O–H groups in total. The van der Waals surface area contributed by atoms with E-state index in [1.807, 2.05) is 0 Å². The summed E-state index contributed by atoms with van der Waals surface area (Å²) < 4.78 is 0. The molecule has 1 atom stereocenters. The van der Waals surface area contributed by atoms with E-state index in [4.69, 9.17) is 11.5 Å². The first kappa shape index (κ1) is 18.2. The zero-order chi connectivity index (χ0) is 16.5. The van der Waals surface area contributed by atoms with Crippen LogP contribution in [-0.2, 0) is 12.8 Å². The molecule has 0 fully saturated rings. The molecule has 0 amide bonds. The summed E-state index contributed by atoms with van der Waals surface area (Å²) >= 11 is 0. The van der Waals surface area contributed by atoms with Crippen molar-refractivity contribution in [3.05, 3.63) is 35.4 Å². The normalized spacial score (nSPS) is 15.1. The van der Waals surface area contributed by atoms with Crippen LogP contribution in [0.2, 0.25) is 0 Å². The summed E-state index contributed by atoms with van der Waals surface area (Å²) in [4.78, 5) is 0. The third-order valence-corrected chi connectivity index (χ3v) is 4.95. The third-order valence-electron chi connectivity index (χ3n) is 4.95. The lowest BCUT2D eigenvalue weighted by Gasteiger charge is -2.39. The predicted molar refractivity (Wildman–Crippen MR) is 93.3 cm³/mol. The number of nitrogens with two attached hydrogens (primary N) is 2. The van der Waals surface area contributed by atoms with Crippen LogP contribution in [0.5, 0.6) is 0 Å². The van der Waals surface area contributed by atoms with Crippen LogP contribution in [0, 0.1) is 10.8 Å². The second-order valence-corrected chi connectivity index (χ2v) is 8.78. The second kappa shape index (κ2) is 6.10. The van der Waals surface area contributed by atoms with Crippen molar-refractivity contribution in [1.82, 2.24) is 0 Å². The molecule has 0 saturated carbocycles. The fourth-order valence-electron chi connectivity index (χ4n) is 2.16. The molecule has 0 heterocycles. The summed E-state index contributed by atoms with van der Waals surface area (Å²) in [5.41, 5.74) is 15.3. The van der Waals surface area contributed by atoms with Gasteiger partial charge < -0.3 is 11.5 Å². The highest BCUT2D eigenvalue weighted by atomic mass is 14.7. The summed E-state index contributed by atoms with van der Waals surface area (Å²) in [6, 6.07) is 8.97. The quantitative estimate of drug-likeness (QED) is 0.864. The number of benzene rings is 1. The average Bonchev–Trinajstić information content (AvgIpc) is 2.25. The molecule has 0 bridgehead atoms. The van der Waals surface area contributed by atoms with Crippen LogP contribution in [-0.4, -0.2) is 11.6 Å². The average molecular weight is 290 g/mol. The van der Waals surface area contributed by atoms with Gasteiger partial charge in [0, 0.05) is 11.6 Å². The Bertz CT molecular complexity index is 461.